The summed E-state index contributed by atoms with van der Waals surface area (Å²) in [5.41, 5.74) is 3.32. The van der Waals surface area contributed by atoms with Crippen LogP contribution in [0, 0.1) is 34.5 Å². The van der Waals surface area contributed by atoms with E-state index < -0.39 is 6.04 Å². The number of rotatable bonds is 3. The van der Waals surface area contributed by atoms with Crippen LogP contribution in [-0.2, 0) is 4.79 Å². The number of pyridine rings is 1. The van der Waals surface area contributed by atoms with E-state index in [1.165, 1.54) is 44.1 Å². The summed E-state index contributed by atoms with van der Waals surface area (Å²) in [6.45, 7) is 13.1. The van der Waals surface area contributed by atoms with Gasteiger partial charge < -0.3 is 14.9 Å². The van der Waals surface area contributed by atoms with E-state index in [1.54, 1.807) is 11.0 Å². The van der Waals surface area contributed by atoms with Crippen LogP contribution < -0.4 is 0 Å². The van der Waals surface area contributed by atoms with E-state index in [4.69, 9.17) is 0 Å². The first-order valence-electron chi connectivity index (χ1n) is 18.2. The van der Waals surface area contributed by atoms with Crippen molar-refractivity contribution < 1.29 is 14.7 Å². The number of amides is 2. The molecule has 6 aliphatic rings. The average Bonchev–Trinajstić information content (AvgIpc) is 3.68. The number of aromatic nitrogens is 1. The predicted molar refractivity (Wildman–Crippen MR) is 180 cm³/mol. The Morgan fingerprint density at radius 3 is 2.57 bits per heavy atom. The molecule has 2 aliphatic heterocycles. The molecule has 6 fully saturated rings. The molecule has 0 bridgehead atoms. The third-order valence-electron chi connectivity index (χ3n) is 14.3. The molecule has 4 unspecified atom stereocenters. The highest BCUT2D eigenvalue weighted by Gasteiger charge is 2.60. The summed E-state index contributed by atoms with van der Waals surface area (Å²) in [7, 11) is 0. The number of carbonyl (C=O) groups excluding carboxylic acids is 2. The lowest BCUT2D eigenvalue weighted by Crippen LogP contribution is -2.62. The van der Waals surface area contributed by atoms with Crippen LogP contribution in [0.25, 0.3) is 10.9 Å². The van der Waals surface area contributed by atoms with Crippen LogP contribution in [-0.4, -0.2) is 87.5 Å². The highest BCUT2D eigenvalue weighted by molar-refractivity contribution is 5.98. The standard InChI is InChI=1S/C39H52N4O3/c1-25-10-14-29-28-13-12-27-23-35(44)34(24-39(27,3)30(28)16-17-38(25,29)2)41-19-21-42(22-20-41)37(46)33-9-6-18-43(33)36(45)32-15-11-26-7-4-5-8-31(26)40-32/h4-5,7-8,11,15,27-30,33-35,44H,1,6,9-10,12-14,16-24H2,2-3H3/t27?,28?,29?,30?,33-,34-,35-,38+,39-/m0/s1. The molecule has 7 nitrogen and oxygen atoms in total. The van der Waals surface area contributed by atoms with E-state index in [9.17, 15) is 14.7 Å². The van der Waals surface area contributed by atoms with Crippen molar-refractivity contribution in [3.05, 3.63) is 54.2 Å². The number of hydrogen-bond donors (Lipinski definition) is 1. The Hall–Kier alpha value is -2.77. The van der Waals surface area contributed by atoms with Crippen LogP contribution in [0.2, 0.25) is 0 Å². The number of nitrogens with zero attached hydrogens (tertiary/aromatic N) is 4. The molecule has 3 heterocycles. The number of benzene rings is 1. The third kappa shape index (κ3) is 4.77. The molecule has 46 heavy (non-hydrogen) atoms. The molecule has 4 saturated carbocycles. The number of likely N-dealkylation sites (tertiary alicyclic amines) is 1. The summed E-state index contributed by atoms with van der Waals surface area (Å²) in [5.74, 6) is 2.86. The lowest BCUT2D eigenvalue weighted by molar-refractivity contribution is -0.149. The number of para-hydroxylation sites is 1. The zero-order chi connectivity index (χ0) is 31.8. The van der Waals surface area contributed by atoms with Gasteiger partial charge >= 0.3 is 0 Å². The van der Waals surface area contributed by atoms with Gasteiger partial charge in [-0.15, -0.1) is 0 Å². The van der Waals surface area contributed by atoms with Crippen molar-refractivity contribution in [1.29, 1.82) is 0 Å². The maximum atomic E-state index is 13.9. The summed E-state index contributed by atoms with van der Waals surface area (Å²) in [5, 5.41) is 12.5. The SMILES string of the molecule is C=C1CCC2C3CCC4C[C@H](O)[C@@H](N5CCN(C(=O)[C@@H]6CCCN6C(=O)c6ccc7ccccc7n6)CC5)C[C@]4(C)C3CC[C@]12C. The maximum absolute atomic E-state index is 13.9. The van der Waals surface area contributed by atoms with E-state index in [0.717, 1.165) is 61.0 Å². The first-order chi connectivity index (χ1) is 22.2. The van der Waals surface area contributed by atoms with Gasteiger partial charge in [-0.3, -0.25) is 14.5 Å². The molecule has 4 aliphatic carbocycles. The van der Waals surface area contributed by atoms with Crippen molar-refractivity contribution in [1.82, 2.24) is 19.7 Å². The van der Waals surface area contributed by atoms with Crippen LogP contribution in [0.15, 0.2) is 48.6 Å². The van der Waals surface area contributed by atoms with Crippen molar-refractivity contribution in [3.63, 3.8) is 0 Å². The summed E-state index contributed by atoms with van der Waals surface area (Å²) in [6, 6.07) is 11.3. The van der Waals surface area contributed by atoms with Crippen molar-refractivity contribution in [2.45, 2.75) is 96.2 Å². The predicted octanol–water partition coefficient (Wildman–Crippen LogP) is 5.92. The van der Waals surface area contributed by atoms with Crippen LogP contribution >= 0.6 is 0 Å². The summed E-state index contributed by atoms with van der Waals surface area (Å²) >= 11 is 0. The van der Waals surface area contributed by atoms with E-state index in [2.05, 4.69) is 30.3 Å². The Kier molecular flexibility index (Phi) is 7.60. The average molecular weight is 625 g/mol. The van der Waals surface area contributed by atoms with Gasteiger partial charge in [-0.25, -0.2) is 4.98 Å². The minimum atomic E-state index is -0.421. The minimum absolute atomic E-state index is 0.0704. The molecule has 9 atom stereocenters. The van der Waals surface area contributed by atoms with Gasteiger partial charge in [-0.2, -0.15) is 0 Å². The zero-order valence-corrected chi connectivity index (χ0v) is 27.9. The molecule has 0 spiro atoms. The number of carbonyl (C=O) groups is 2. The molecule has 1 aromatic heterocycles. The topological polar surface area (TPSA) is 77.0 Å². The quantitative estimate of drug-likeness (QED) is 0.429. The summed E-state index contributed by atoms with van der Waals surface area (Å²) in [4.78, 5) is 38.3. The van der Waals surface area contributed by atoms with Gasteiger partial charge in [0.05, 0.1) is 11.6 Å². The smallest absolute Gasteiger partial charge is 0.273 e. The first kappa shape index (κ1) is 30.6. The molecule has 0 radical (unpaired) electrons. The molecule has 2 aromatic rings. The Bertz CT molecular complexity index is 1530. The van der Waals surface area contributed by atoms with Crippen molar-refractivity contribution in [2.24, 2.45) is 34.5 Å². The normalized spacial score (nSPS) is 39.6. The molecule has 1 aromatic carbocycles. The maximum Gasteiger partial charge on any atom is 0.273 e. The Morgan fingerprint density at radius 2 is 1.74 bits per heavy atom. The number of piperazine rings is 1. The van der Waals surface area contributed by atoms with Crippen molar-refractivity contribution in [3.8, 4) is 0 Å². The monoisotopic (exact) mass is 624 g/mol. The second kappa shape index (κ2) is 11.4. The van der Waals surface area contributed by atoms with E-state index in [1.807, 2.05) is 35.2 Å². The van der Waals surface area contributed by atoms with Crippen LogP contribution in [0.5, 0.6) is 0 Å². The number of fused-ring (bicyclic) bond motifs is 6. The van der Waals surface area contributed by atoms with Gasteiger partial charge in [-0.1, -0.05) is 50.3 Å². The van der Waals surface area contributed by atoms with Gasteiger partial charge in [0.15, 0.2) is 0 Å². The highest BCUT2D eigenvalue weighted by atomic mass is 16.3. The molecule has 246 valence electrons. The fourth-order valence-electron chi connectivity index (χ4n) is 11.6. The highest BCUT2D eigenvalue weighted by Crippen LogP contribution is 2.67. The van der Waals surface area contributed by atoms with Gasteiger partial charge in [0.2, 0.25) is 5.91 Å². The van der Waals surface area contributed by atoms with Crippen molar-refractivity contribution >= 4 is 22.7 Å². The minimum Gasteiger partial charge on any atom is -0.391 e. The summed E-state index contributed by atoms with van der Waals surface area (Å²) in [6.07, 6.45) is 10.9. The molecule has 2 amide bonds. The number of aliphatic hydroxyl groups is 1. The van der Waals surface area contributed by atoms with Gasteiger partial charge in [0.25, 0.3) is 5.91 Å². The van der Waals surface area contributed by atoms with Crippen LogP contribution in [0.1, 0.15) is 88.5 Å². The molecule has 8 rings (SSSR count). The number of hydrogen-bond acceptors (Lipinski definition) is 5. The lowest BCUT2D eigenvalue weighted by Gasteiger charge is -2.62. The third-order valence-corrected chi connectivity index (χ3v) is 14.3. The zero-order valence-electron chi connectivity index (χ0n) is 27.9. The summed E-state index contributed by atoms with van der Waals surface area (Å²) < 4.78 is 0. The second-order valence-electron chi connectivity index (χ2n) is 16.2. The van der Waals surface area contributed by atoms with Crippen LogP contribution in [0.4, 0.5) is 0 Å². The molecule has 2 saturated heterocycles. The molecule has 7 heteroatoms. The largest absolute Gasteiger partial charge is 0.391 e. The van der Waals surface area contributed by atoms with Gasteiger partial charge in [0.1, 0.15) is 11.7 Å². The Morgan fingerprint density at radius 1 is 0.935 bits per heavy atom. The second-order valence-corrected chi connectivity index (χ2v) is 16.2. The molecular weight excluding hydrogens is 572 g/mol. The first-order valence-corrected chi connectivity index (χ1v) is 18.2. The lowest BCUT2D eigenvalue weighted by atomic mass is 9.44. The fourth-order valence-corrected chi connectivity index (χ4v) is 11.6. The number of allylic oxidation sites excluding steroid dienone is 1. The van der Waals surface area contributed by atoms with E-state index in [-0.39, 0.29) is 29.4 Å². The molecule has 1 N–H and O–H groups in total. The fraction of sp³-hybridized carbons (Fsp3) is 0.667. The Labute approximate surface area is 274 Å². The Balaban J connectivity index is 0.924. The molecular formula is C39H52N4O3. The van der Waals surface area contributed by atoms with Crippen LogP contribution in [0.3, 0.4) is 0 Å². The van der Waals surface area contributed by atoms with E-state index in [0.29, 0.717) is 43.1 Å². The number of aliphatic hydroxyl groups excluding tert-OH is 1. The van der Waals surface area contributed by atoms with Gasteiger partial charge in [-0.05, 0) is 111 Å². The van der Waals surface area contributed by atoms with Crippen molar-refractivity contribution in [2.75, 3.05) is 32.7 Å². The van der Waals surface area contributed by atoms with E-state index >= 15 is 0 Å². The van der Waals surface area contributed by atoms with Gasteiger partial charge in [0, 0.05) is 44.2 Å².